The average Bonchev–Trinajstić information content (AvgIpc) is 3.18. The smallest absolute Gasteiger partial charge is 0.306 e. The fourth-order valence-corrected chi connectivity index (χ4v) is 7.90. The van der Waals surface area contributed by atoms with Gasteiger partial charge in [-0.3, -0.25) is 9.59 Å². The summed E-state index contributed by atoms with van der Waals surface area (Å²) < 4.78 is 5.92. The summed E-state index contributed by atoms with van der Waals surface area (Å²) in [6, 6.07) is -0.690. The van der Waals surface area contributed by atoms with Gasteiger partial charge in [-0.25, -0.2) is 0 Å². The second kappa shape index (κ2) is 44.0. The van der Waals surface area contributed by atoms with Gasteiger partial charge < -0.3 is 20.3 Å². The number of carbonyl (C=O) groups is 2. The summed E-state index contributed by atoms with van der Waals surface area (Å²) in [6.45, 7) is 6.49. The van der Waals surface area contributed by atoms with Gasteiger partial charge in [0, 0.05) is 6.42 Å². The molecule has 0 saturated carbocycles. The van der Waals surface area contributed by atoms with Crippen molar-refractivity contribution in [2.75, 3.05) is 6.61 Å². The zero-order chi connectivity index (χ0) is 40.3. The number of amides is 1. The zero-order valence-corrected chi connectivity index (χ0v) is 37.3. The van der Waals surface area contributed by atoms with Crippen molar-refractivity contribution in [1.82, 2.24) is 5.32 Å². The van der Waals surface area contributed by atoms with Crippen LogP contribution in [-0.4, -0.2) is 46.9 Å². The summed E-state index contributed by atoms with van der Waals surface area (Å²) in [5, 5.41) is 23.7. The van der Waals surface area contributed by atoms with E-state index in [1.54, 1.807) is 0 Å². The van der Waals surface area contributed by atoms with Gasteiger partial charge in [0.15, 0.2) is 0 Å². The molecule has 6 heteroatoms. The van der Waals surface area contributed by atoms with Crippen molar-refractivity contribution in [1.29, 1.82) is 0 Å². The number of esters is 1. The van der Waals surface area contributed by atoms with Crippen molar-refractivity contribution in [2.45, 2.75) is 296 Å². The average molecular weight is 780 g/mol. The minimum absolute atomic E-state index is 0.0870. The maximum absolute atomic E-state index is 13.1. The van der Waals surface area contributed by atoms with E-state index in [1.807, 2.05) is 0 Å². The van der Waals surface area contributed by atoms with Crippen LogP contribution < -0.4 is 5.32 Å². The predicted molar refractivity (Wildman–Crippen MR) is 237 cm³/mol. The minimum Gasteiger partial charge on any atom is -0.462 e. The highest BCUT2D eigenvalue weighted by molar-refractivity contribution is 5.77. The van der Waals surface area contributed by atoms with Crippen LogP contribution in [0.1, 0.15) is 278 Å². The third-order valence-electron chi connectivity index (χ3n) is 11.7. The normalized spacial score (nSPS) is 13.2. The highest BCUT2D eigenvalue weighted by Gasteiger charge is 2.24. The molecule has 3 atom stereocenters. The van der Waals surface area contributed by atoms with Crippen molar-refractivity contribution in [3.8, 4) is 0 Å². The molecule has 0 fully saturated rings. The molecule has 0 aromatic rings. The molecular weight excluding hydrogens is 683 g/mol. The third kappa shape index (κ3) is 39.5. The number of unbranched alkanes of at least 4 members (excludes halogenated alkanes) is 33. The summed E-state index contributed by atoms with van der Waals surface area (Å²) in [7, 11) is 0. The molecule has 0 saturated heterocycles. The molecule has 1 amide bonds. The Bertz CT molecular complexity index is 791. The van der Waals surface area contributed by atoms with Crippen LogP contribution in [0.25, 0.3) is 0 Å². The Morgan fingerprint density at radius 2 is 0.764 bits per heavy atom. The van der Waals surface area contributed by atoms with E-state index in [0.717, 1.165) is 38.5 Å². The molecule has 0 heterocycles. The van der Waals surface area contributed by atoms with Crippen LogP contribution in [0.15, 0.2) is 0 Å². The van der Waals surface area contributed by atoms with E-state index < -0.39 is 18.2 Å². The van der Waals surface area contributed by atoms with Gasteiger partial charge in [0.25, 0.3) is 0 Å². The molecule has 3 unspecified atom stereocenters. The van der Waals surface area contributed by atoms with Gasteiger partial charge in [0.1, 0.15) is 6.10 Å². The molecule has 0 rings (SSSR count). The Hall–Kier alpha value is -1.14. The van der Waals surface area contributed by atoms with Crippen LogP contribution >= 0.6 is 0 Å². The number of ether oxygens (including phenoxy) is 1. The van der Waals surface area contributed by atoms with Crippen LogP contribution in [0.2, 0.25) is 0 Å². The Kier molecular flexibility index (Phi) is 43.1. The second-order valence-corrected chi connectivity index (χ2v) is 17.2. The number of carbonyl (C=O) groups excluding carboxylic acids is 2. The standard InChI is InChI=1S/C49H97NO5/c1-4-7-10-13-16-19-22-24-25-27-30-33-36-39-42-49(54)55-45(40-37-34-31-28-21-18-15-12-9-6-3)43-48(53)50-46(44-51)47(52)41-38-35-32-29-26-23-20-17-14-11-8-5-2/h45-47,51-52H,4-44H2,1-3H3,(H,50,53). The maximum Gasteiger partial charge on any atom is 0.306 e. The quantitative estimate of drug-likeness (QED) is 0.0422. The Balaban J connectivity index is 4.47. The van der Waals surface area contributed by atoms with Gasteiger partial charge in [-0.1, -0.05) is 239 Å². The molecule has 0 aromatic heterocycles. The maximum atomic E-state index is 13.1. The summed E-state index contributed by atoms with van der Waals surface area (Å²) >= 11 is 0. The Morgan fingerprint density at radius 3 is 1.11 bits per heavy atom. The lowest BCUT2D eigenvalue weighted by Gasteiger charge is -2.24. The van der Waals surface area contributed by atoms with E-state index in [0.29, 0.717) is 19.3 Å². The molecule has 6 nitrogen and oxygen atoms in total. The number of rotatable bonds is 45. The largest absolute Gasteiger partial charge is 0.462 e. The highest BCUT2D eigenvalue weighted by Crippen LogP contribution is 2.18. The zero-order valence-electron chi connectivity index (χ0n) is 37.3. The van der Waals surface area contributed by atoms with Crippen LogP contribution in [0, 0.1) is 0 Å². The predicted octanol–water partition coefficient (Wildman–Crippen LogP) is 14.4. The highest BCUT2D eigenvalue weighted by atomic mass is 16.5. The monoisotopic (exact) mass is 780 g/mol. The topological polar surface area (TPSA) is 95.9 Å². The van der Waals surface area contributed by atoms with Crippen LogP contribution in [0.4, 0.5) is 0 Å². The van der Waals surface area contributed by atoms with E-state index in [-0.39, 0.29) is 24.9 Å². The number of hydrogen-bond acceptors (Lipinski definition) is 5. The molecule has 0 aliphatic rings. The molecule has 3 N–H and O–H groups in total. The number of hydrogen-bond donors (Lipinski definition) is 3. The van der Waals surface area contributed by atoms with Crippen LogP contribution in [-0.2, 0) is 14.3 Å². The summed E-state index contributed by atoms with van der Waals surface area (Å²) in [4.78, 5) is 26.0. The fourth-order valence-electron chi connectivity index (χ4n) is 7.90. The Labute approximate surface area is 343 Å². The molecule has 0 spiro atoms. The number of aliphatic hydroxyl groups is 2. The fraction of sp³-hybridized carbons (Fsp3) is 0.959. The van der Waals surface area contributed by atoms with Crippen LogP contribution in [0.3, 0.4) is 0 Å². The molecular formula is C49H97NO5. The number of nitrogens with one attached hydrogen (secondary N) is 1. The van der Waals surface area contributed by atoms with Crippen LogP contribution in [0.5, 0.6) is 0 Å². The first kappa shape index (κ1) is 53.9. The van der Waals surface area contributed by atoms with Gasteiger partial charge in [-0.2, -0.15) is 0 Å². The SMILES string of the molecule is CCCCCCCCCCCCCCCCC(=O)OC(CCCCCCCCCCCC)CC(=O)NC(CO)C(O)CCCCCCCCCCCCCC. The Morgan fingerprint density at radius 1 is 0.455 bits per heavy atom. The molecule has 328 valence electrons. The first-order valence-corrected chi connectivity index (χ1v) is 24.8. The van der Waals surface area contributed by atoms with Crippen molar-refractivity contribution >= 4 is 11.9 Å². The summed E-state index contributed by atoms with van der Waals surface area (Å²) in [6.07, 6.45) is 45.9. The minimum atomic E-state index is -0.777. The van der Waals surface area contributed by atoms with Gasteiger partial charge in [0.05, 0.1) is 25.2 Å². The van der Waals surface area contributed by atoms with Gasteiger partial charge in [-0.15, -0.1) is 0 Å². The molecule has 55 heavy (non-hydrogen) atoms. The van der Waals surface area contributed by atoms with E-state index in [4.69, 9.17) is 4.74 Å². The molecule has 0 radical (unpaired) electrons. The lowest BCUT2D eigenvalue weighted by atomic mass is 10.0. The van der Waals surface area contributed by atoms with Crippen molar-refractivity contribution in [2.24, 2.45) is 0 Å². The van der Waals surface area contributed by atoms with E-state index >= 15 is 0 Å². The second-order valence-electron chi connectivity index (χ2n) is 17.2. The van der Waals surface area contributed by atoms with Crippen molar-refractivity contribution < 1.29 is 24.5 Å². The van der Waals surface area contributed by atoms with E-state index in [2.05, 4.69) is 26.1 Å². The first-order valence-electron chi connectivity index (χ1n) is 24.8. The lowest BCUT2D eigenvalue weighted by molar-refractivity contribution is -0.151. The molecule has 0 bridgehead atoms. The van der Waals surface area contributed by atoms with Crippen molar-refractivity contribution in [3.63, 3.8) is 0 Å². The molecule has 0 aromatic carbocycles. The first-order chi connectivity index (χ1) is 27.0. The molecule has 0 aliphatic carbocycles. The van der Waals surface area contributed by atoms with Gasteiger partial charge in [-0.05, 0) is 25.7 Å². The van der Waals surface area contributed by atoms with Gasteiger partial charge in [0.2, 0.25) is 5.91 Å². The van der Waals surface area contributed by atoms with E-state index in [1.165, 1.54) is 193 Å². The molecule has 0 aliphatic heterocycles. The lowest BCUT2D eigenvalue weighted by Crippen LogP contribution is -2.46. The summed E-state index contributed by atoms with van der Waals surface area (Å²) in [5.74, 6) is -0.455. The van der Waals surface area contributed by atoms with Gasteiger partial charge >= 0.3 is 5.97 Å². The number of aliphatic hydroxyl groups excluding tert-OH is 2. The van der Waals surface area contributed by atoms with E-state index in [9.17, 15) is 19.8 Å². The summed E-state index contributed by atoms with van der Waals surface area (Å²) in [5.41, 5.74) is 0. The third-order valence-corrected chi connectivity index (χ3v) is 11.7. The van der Waals surface area contributed by atoms with Crippen molar-refractivity contribution in [3.05, 3.63) is 0 Å².